The van der Waals surface area contributed by atoms with Crippen molar-refractivity contribution in [3.8, 4) is 11.5 Å². The van der Waals surface area contributed by atoms with Crippen LogP contribution in [0.2, 0.25) is 5.02 Å². The number of anilines is 1. The lowest BCUT2D eigenvalue weighted by Crippen LogP contribution is -2.03. The van der Waals surface area contributed by atoms with Gasteiger partial charge in [0.1, 0.15) is 0 Å². The summed E-state index contributed by atoms with van der Waals surface area (Å²) < 4.78 is 11.2. The molecule has 0 heterocycles. The van der Waals surface area contributed by atoms with Crippen molar-refractivity contribution >= 4 is 17.3 Å². The normalized spacial score (nSPS) is 10.4. The van der Waals surface area contributed by atoms with Crippen molar-refractivity contribution < 1.29 is 9.47 Å². The summed E-state index contributed by atoms with van der Waals surface area (Å²) in [4.78, 5) is 0. The summed E-state index contributed by atoms with van der Waals surface area (Å²) in [5.41, 5.74) is 3.37. The first-order chi connectivity index (χ1) is 10.6. The van der Waals surface area contributed by atoms with Gasteiger partial charge in [0.05, 0.1) is 18.2 Å². The van der Waals surface area contributed by atoms with Gasteiger partial charge in [0, 0.05) is 12.2 Å². The second-order valence-electron chi connectivity index (χ2n) is 4.99. The maximum atomic E-state index is 6.32. The Hall–Kier alpha value is -1.87. The number of rotatable bonds is 7. The number of benzene rings is 2. The van der Waals surface area contributed by atoms with Crippen LogP contribution in [-0.2, 0) is 6.54 Å². The highest BCUT2D eigenvalue weighted by atomic mass is 35.5. The van der Waals surface area contributed by atoms with Gasteiger partial charge in [-0.25, -0.2) is 0 Å². The molecule has 2 aromatic rings. The van der Waals surface area contributed by atoms with Gasteiger partial charge in [-0.05, 0) is 56.2 Å². The molecule has 0 aliphatic rings. The zero-order chi connectivity index (χ0) is 15.9. The molecule has 0 saturated carbocycles. The minimum absolute atomic E-state index is 0.556. The Kier molecular flexibility index (Phi) is 5.96. The fourth-order valence-electron chi connectivity index (χ4n) is 2.23. The molecule has 0 aliphatic carbocycles. The molecule has 0 unspecified atom stereocenters. The third-order valence-electron chi connectivity index (χ3n) is 3.17. The number of halogens is 1. The van der Waals surface area contributed by atoms with Crippen LogP contribution in [0.4, 0.5) is 5.69 Å². The highest BCUT2D eigenvalue weighted by molar-refractivity contribution is 6.32. The molecular formula is C18H22ClNO2. The van der Waals surface area contributed by atoms with E-state index in [0.29, 0.717) is 36.3 Å². The van der Waals surface area contributed by atoms with E-state index in [0.717, 1.165) is 11.3 Å². The van der Waals surface area contributed by atoms with Crippen molar-refractivity contribution in [2.75, 3.05) is 18.5 Å². The van der Waals surface area contributed by atoms with Crippen LogP contribution in [0, 0.1) is 6.92 Å². The van der Waals surface area contributed by atoms with Gasteiger partial charge in [0.15, 0.2) is 11.5 Å². The first-order valence-electron chi connectivity index (χ1n) is 7.52. The molecule has 0 spiro atoms. The zero-order valence-corrected chi connectivity index (χ0v) is 14.0. The molecule has 2 rings (SSSR count). The third-order valence-corrected chi connectivity index (χ3v) is 3.45. The predicted octanol–water partition coefficient (Wildman–Crippen LogP) is 5.06. The smallest absolute Gasteiger partial charge is 0.179 e. The van der Waals surface area contributed by atoms with E-state index in [4.69, 9.17) is 21.1 Å². The molecule has 0 saturated heterocycles. The lowest BCUT2D eigenvalue weighted by atomic mass is 10.1. The maximum Gasteiger partial charge on any atom is 0.179 e. The lowest BCUT2D eigenvalue weighted by molar-refractivity contribution is 0.287. The summed E-state index contributed by atoms with van der Waals surface area (Å²) in [5.74, 6) is 1.31. The molecule has 0 radical (unpaired) electrons. The Morgan fingerprint density at radius 1 is 1.05 bits per heavy atom. The first-order valence-corrected chi connectivity index (χ1v) is 7.90. The monoisotopic (exact) mass is 319 g/mol. The van der Waals surface area contributed by atoms with Crippen LogP contribution in [0.25, 0.3) is 0 Å². The minimum Gasteiger partial charge on any atom is -0.490 e. The highest BCUT2D eigenvalue weighted by Gasteiger charge is 2.12. The van der Waals surface area contributed by atoms with Crippen LogP contribution in [0.3, 0.4) is 0 Å². The average molecular weight is 320 g/mol. The zero-order valence-electron chi connectivity index (χ0n) is 13.3. The minimum atomic E-state index is 0.556. The summed E-state index contributed by atoms with van der Waals surface area (Å²) in [6.07, 6.45) is 0. The van der Waals surface area contributed by atoms with Crippen molar-refractivity contribution in [1.82, 2.24) is 0 Å². The van der Waals surface area contributed by atoms with Crippen molar-refractivity contribution in [3.63, 3.8) is 0 Å². The molecule has 1 N–H and O–H groups in total. The second kappa shape index (κ2) is 7.95. The Morgan fingerprint density at radius 3 is 2.50 bits per heavy atom. The fourth-order valence-corrected chi connectivity index (χ4v) is 2.52. The summed E-state index contributed by atoms with van der Waals surface area (Å²) in [7, 11) is 0. The van der Waals surface area contributed by atoms with Crippen LogP contribution in [0.15, 0.2) is 36.4 Å². The lowest BCUT2D eigenvalue weighted by Gasteiger charge is -2.15. The molecule has 22 heavy (non-hydrogen) atoms. The Balaban J connectivity index is 2.17. The van der Waals surface area contributed by atoms with Crippen molar-refractivity contribution in [3.05, 3.63) is 52.5 Å². The van der Waals surface area contributed by atoms with E-state index in [1.807, 2.05) is 38.1 Å². The van der Waals surface area contributed by atoms with Gasteiger partial charge in [0.2, 0.25) is 0 Å². The van der Waals surface area contributed by atoms with E-state index in [2.05, 4.69) is 24.4 Å². The quantitative estimate of drug-likeness (QED) is 0.774. The average Bonchev–Trinajstić information content (AvgIpc) is 2.49. The van der Waals surface area contributed by atoms with Crippen molar-refractivity contribution in [2.45, 2.75) is 27.3 Å². The van der Waals surface area contributed by atoms with Gasteiger partial charge >= 0.3 is 0 Å². The summed E-state index contributed by atoms with van der Waals surface area (Å²) in [5, 5.41) is 3.97. The summed E-state index contributed by atoms with van der Waals surface area (Å²) in [6.45, 7) is 7.76. The number of hydrogen-bond donors (Lipinski definition) is 1. The number of aryl methyl sites for hydroxylation is 1. The van der Waals surface area contributed by atoms with E-state index < -0.39 is 0 Å². The molecule has 2 aromatic carbocycles. The van der Waals surface area contributed by atoms with Crippen LogP contribution in [0.5, 0.6) is 11.5 Å². The molecule has 0 fully saturated rings. The molecule has 118 valence electrons. The van der Waals surface area contributed by atoms with Crippen molar-refractivity contribution in [2.24, 2.45) is 0 Å². The van der Waals surface area contributed by atoms with Gasteiger partial charge in [-0.3, -0.25) is 0 Å². The first kappa shape index (κ1) is 16.5. The Bertz CT molecular complexity index is 628. The van der Waals surface area contributed by atoms with Gasteiger partial charge in [-0.2, -0.15) is 0 Å². The van der Waals surface area contributed by atoms with Gasteiger partial charge in [0.25, 0.3) is 0 Å². The van der Waals surface area contributed by atoms with E-state index in [9.17, 15) is 0 Å². The van der Waals surface area contributed by atoms with E-state index >= 15 is 0 Å². The topological polar surface area (TPSA) is 30.5 Å². The van der Waals surface area contributed by atoms with Gasteiger partial charge < -0.3 is 14.8 Å². The Morgan fingerprint density at radius 2 is 1.82 bits per heavy atom. The standard InChI is InChI=1S/C18H22ClNO2/c1-4-21-17-11-14(10-16(19)18(17)22-5-2)12-20-15-8-6-7-13(3)9-15/h6-11,20H,4-5,12H2,1-3H3. The molecule has 0 atom stereocenters. The van der Waals surface area contributed by atoms with Gasteiger partial charge in [-0.15, -0.1) is 0 Å². The summed E-state index contributed by atoms with van der Waals surface area (Å²) >= 11 is 6.32. The molecular weight excluding hydrogens is 298 g/mol. The maximum absolute atomic E-state index is 6.32. The molecule has 0 bridgehead atoms. The number of ether oxygens (including phenoxy) is 2. The third kappa shape index (κ3) is 4.31. The largest absolute Gasteiger partial charge is 0.490 e. The highest BCUT2D eigenvalue weighted by Crippen LogP contribution is 2.36. The Labute approximate surface area is 137 Å². The van der Waals surface area contributed by atoms with Crippen LogP contribution in [0.1, 0.15) is 25.0 Å². The predicted molar refractivity (Wildman–Crippen MR) is 92.3 cm³/mol. The van der Waals surface area contributed by atoms with Crippen LogP contribution < -0.4 is 14.8 Å². The van der Waals surface area contributed by atoms with E-state index in [-0.39, 0.29) is 0 Å². The van der Waals surface area contributed by atoms with Crippen molar-refractivity contribution in [1.29, 1.82) is 0 Å². The molecule has 4 heteroatoms. The fraction of sp³-hybridized carbons (Fsp3) is 0.333. The van der Waals surface area contributed by atoms with E-state index in [1.165, 1.54) is 5.56 Å². The molecule has 0 aromatic heterocycles. The number of hydrogen-bond acceptors (Lipinski definition) is 3. The molecule has 3 nitrogen and oxygen atoms in total. The SMILES string of the molecule is CCOc1cc(CNc2cccc(C)c2)cc(Cl)c1OCC. The molecule has 0 aliphatic heterocycles. The van der Waals surface area contributed by atoms with Crippen LogP contribution >= 0.6 is 11.6 Å². The van der Waals surface area contributed by atoms with Gasteiger partial charge in [-0.1, -0.05) is 23.7 Å². The second-order valence-corrected chi connectivity index (χ2v) is 5.40. The molecule has 0 amide bonds. The van der Waals surface area contributed by atoms with E-state index in [1.54, 1.807) is 0 Å². The van der Waals surface area contributed by atoms with Crippen LogP contribution in [-0.4, -0.2) is 13.2 Å². The number of nitrogens with one attached hydrogen (secondary N) is 1. The summed E-state index contributed by atoms with van der Waals surface area (Å²) in [6, 6.07) is 12.2.